The predicted molar refractivity (Wildman–Crippen MR) is 101 cm³/mol. The van der Waals surface area contributed by atoms with Crippen molar-refractivity contribution in [1.29, 1.82) is 0 Å². The van der Waals surface area contributed by atoms with E-state index in [-0.39, 0.29) is 5.91 Å². The fraction of sp³-hybridized carbons (Fsp3) is 0.450. The van der Waals surface area contributed by atoms with Crippen LogP contribution < -0.4 is 5.32 Å². The Kier molecular flexibility index (Phi) is 6.18. The number of carbonyl (C=O) groups is 2. The summed E-state index contributed by atoms with van der Waals surface area (Å²) < 4.78 is 6.99. The molecule has 2 aromatic rings. The quantitative estimate of drug-likeness (QED) is 0.800. The molecule has 1 aromatic carbocycles. The molecular formula is C20H27N3O3. The van der Waals surface area contributed by atoms with Crippen molar-refractivity contribution in [2.75, 3.05) is 5.32 Å². The number of esters is 1. The Balaban J connectivity index is 2.10. The van der Waals surface area contributed by atoms with Gasteiger partial charge in [0.1, 0.15) is 5.56 Å². The Morgan fingerprint density at radius 2 is 1.88 bits per heavy atom. The highest BCUT2D eigenvalue weighted by atomic mass is 16.5. The smallest absolute Gasteiger partial charge is 0.342 e. The Labute approximate surface area is 154 Å². The number of benzene rings is 1. The van der Waals surface area contributed by atoms with Gasteiger partial charge in [-0.15, -0.1) is 0 Å². The van der Waals surface area contributed by atoms with Crippen LogP contribution in [0.4, 0.5) is 5.69 Å². The predicted octanol–water partition coefficient (Wildman–Crippen LogP) is 3.73. The molecule has 2 atom stereocenters. The lowest BCUT2D eigenvalue weighted by molar-refractivity contribution is -0.123. The molecule has 0 fully saturated rings. The number of hydrogen-bond acceptors (Lipinski definition) is 4. The lowest BCUT2D eigenvalue weighted by Crippen LogP contribution is -2.30. The van der Waals surface area contributed by atoms with Gasteiger partial charge in [0.05, 0.1) is 5.69 Å². The fourth-order valence-electron chi connectivity index (χ4n) is 2.84. The number of amides is 1. The van der Waals surface area contributed by atoms with Crippen LogP contribution in [-0.4, -0.2) is 27.8 Å². The molecule has 0 aliphatic heterocycles. The second-order valence-electron chi connectivity index (χ2n) is 6.60. The minimum atomic E-state index is -0.911. The standard InChI is InChI=1S/C20H27N3O3/c1-7-12(2)16-10-8-9-11-17(16)21-19(24)15(5)26-20(25)18-13(3)22-23(6)14(18)4/h8-12,15H,7H2,1-6H3,(H,21,24). The Morgan fingerprint density at radius 1 is 1.23 bits per heavy atom. The summed E-state index contributed by atoms with van der Waals surface area (Å²) in [6.07, 6.45) is 0.0586. The molecule has 2 rings (SSSR count). The first-order valence-electron chi connectivity index (χ1n) is 8.87. The molecule has 2 unspecified atom stereocenters. The van der Waals surface area contributed by atoms with Crippen LogP contribution in [0, 0.1) is 13.8 Å². The molecule has 0 saturated heterocycles. The summed E-state index contributed by atoms with van der Waals surface area (Å²) in [5.74, 6) is -0.565. The Morgan fingerprint density at radius 3 is 2.46 bits per heavy atom. The molecule has 0 bridgehead atoms. The lowest BCUT2D eigenvalue weighted by atomic mass is 9.97. The first-order chi connectivity index (χ1) is 12.3. The topological polar surface area (TPSA) is 73.2 Å². The third-order valence-corrected chi connectivity index (χ3v) is 4.73. The van der Waals surface area contributed by atoms with Crippen LogP contribution in [0.1, 0.15) is 60.4 Å². The molecule has 140 valence electrons. The minimum Gasteiger partial charge on any atom is -0.449 e. The van der Waals surface area contributed by atoms with Gasteiger partial charge in [0, 0.05) is 18.4 Å². The molecule has 1 N–H and O–H groups in total. The Hall–Kier alpha value is -2.63. The maximum Gasteiger partial charge on any atom is 0.342 e. The van der Waals surface area contributed by atoms with Crippen molar-refractivity contribution in [2.45, 2.75) is 53.1 Å². The SMILES string of the molecule is CCC(C)c1ccccc1NC(=O)C(C)OC(=O)c1c(C)nn(C)c1C. The van der Waals surface area contributed by atoms with Gasteiger partial charge in [-0.3, -0.25) is 9.48 Å². The monoisotopic (exact) mass is 357 g/mol. The normalized spacial score (nSPS) is 13.2. The largest absolute Gasteiger partial charge is 0.449 e. The molecule has 6 heteroatoms. The van der Waals surface area contributed by atoms with Crippen molar-refractivity contribution >= 4 is 17.6 Å². The number of carbonyl (C=O) groups excluding carboxylic acids is 2. The molecule has 1 amide bonds. The van der Waals surface area contributed by atoms with E-state index in [9.17, 15) is 9.59 Å². The van der Waals surface area contributed by atoms with Crippen LogP contribution in [0.3, 0.4) is 0 Å². The molecule has 0 spiro atoms. The van der Waals surface area contributed by atoms with Crippen molar-refractivity contribution in [3.8, 4) is 0 Å². The molecular weight excluding hydrogens is 330 g/mol. The van der Waals surface area contributed by atoms with E-state index in [1.165, 1.54) is 0 Å². The highest BCUT2D eigenvalue weighted by molar-refractivity contribution is 5.98. The number of ether oxygens (including phenoxy) is 1. The summed E-state index contributed by atoms with van der Waals surface area (Å²) in [4.78, 5) is 24.9. The summed E-state index contributed by atoms with van der Waals surface area (Å²) in [7, 11) is 1.76. The first-order valence-corrected chi connectivity index (χ1v) is 8.87. The average Bonchev–Trinajstić information content (AvgIpc) is 2.86. The van der Waals surface area contributed by atoms with Crippen LogP contribution in [-0.2, 0) is 16.6 Å². The fourth-order valence-corrected chi connectivity index (χ4v) is 2.84. The van der Waals surface area contributed by atoms with Gasteiger partial charge >= 0.3 is 5.97 Å². The zero-order valence-electron chi connectivity index (χ0n) is 16.3. The van der Waals surface area contributed by atoms with Gasteiger partial charge in [0.25, 0.3) is 5.91 Å². The van der Waals surface area contributed by atoms with Crippen LogP contribution in [0.2, 0.25) is 0 Å². The molecule has 1 aromatic heterocycles. The van der Waals surface area contributed by atoms with E-state index in [4.69, 9.17) is 4.74 Å². The third kappa shape index (κ3) is 4.12. The van der Waals surface area contributed by atoms with Crippen molar-refractivity contribution in [1.82, 2.24) is 9.78 Å². The Bertz CT molecular complexity index is 811. The van der Waals surface area contributed by atoms with Crippen LogP contribution >= 0.6 is 0 Å². The van der Waals surface area contributed by atoms with E-state index in [0.29, 0.717) is 22.9 Å². The summed E-state index contributed by atoms with van der Waals surface area (Å²) >= 11 is 0. The summed E-state index contributed by atoms with van der Waals surface area (Å²) in [6, 6.07) is 7.70. The summed E-state index contributed by atoms with van der Waals surface area (Å²) in [6.45, 7) is 9.33. The molecule has 26 heavy (non-hydrogen) atoms. The summed E-state index contributed by atoms with van der Waals surface area (Å²) in [5, 5.41) is 7.09. The maximum atomic E-state index is 12.5. The maximum absolute atomic E-state index is 12.5. The highest BCUT2D eigenvalue weighted by Gasteiger charge is 2.24. The van der Waals surface area contributed by atoms with Crippen LogP contribution in [0.5, 0.6) is 0 Å². The van der Waals surface area contributed by atoms with Gasteiger partial charge in [0.2, 0.25) is 0 Å². The van der Waals surface area contributed by atoms with Crippen molar-refractivity contribution < 1.29 is 14.3 Å². The van der Waals surface area contributed by atoms with Gasteiger partial charge in [-0.25, -0.2) is 4.79 Å². The second kappa shape index (κ2) is 8.17. The zero-order valence-corrected chi connectivity index (χ0v) is 16.3. The third-order valence-electron chi connectivity index (χ3n) is 4.73. The number of rotatable bonds is 6. The van der Waals surface area contributed by atoms with Crippen LogP contribution in [0.15, 0.2) is 24.3 Å². The molecule has 0 aliphatic rings. The minimum absolute atomic E-state index is 0.324. The highest BCUT2D eigenvalue weighted by Crippen LogP contribution is 2.26. The molecule has 0 aliphatic carbocycles. The van der Waals surface area contributed by atoms with Gasteiger partial charge in [-0.1, -0.05) is 32.0 Å². The molecule has 6 nitrogen and oxygen atoms in total. The van der Waals surface area contributed by atoms with Gasteiger partial charge in [0.15, 0.2) is 6.10 Å². The number of para-hydroxylation sites is 1. The van der Waals surface area contributed by atoms with E-state index in [1.54, 1.807) is 32.5 Å². The van der Waals surface area contributed by atoms with E-state index >= 15 is 0 Å². The number of anilines is 1. The van der Waals surface area contributed by atoms with Gasteiger partial charge in [-0.05, 0) is 44.7 Å². The van der Waals surface area contributed by atoms with E-state index < -0.39 is 12.1 Å². The van der Waals surface area contributed by atoms with E-state index in [2.05, 4.69) is 24.3 Å². The lowest BCUT2D eigenvalue weighted by Gasteiger charge is -2.18. The van der Waals surface area contributed by atoms with E-state index in [0.717, 1.165) is 17.7 Å². The number of aryl methyl sites for hydroxylation is 2. The summed E-state index contributed by atoms with van der Waals surface area (Å²) in [5.41, 5.74) is 3.53. The first kappa shape index (κ1) is 19.7. The molecule has 0 radical (unpaired) electrons. The van der Waals surface area contributed by atoms with Gasteiger partial charge < -0.3 is 10.1 Å². The van der Waals surface area contributed by atoms with E-state index in [1.807, 2.05) is 24.3 Å². The second-order valence-corrected chi connectivity index (χ2v) is 6.60. The number of aromatic nitrogens is 2. The average molecular weight is 357 g/mol. The molecule has 1 heterocycles. The van der Waals surface area contributed by atoms with Crippen molar-refractivity contribution in [3.05, 3.63) is 46.8 Å². The zero-order chi connectivity index (χ0) is 19.4. The van der Waals surface area contributed by atoms with Crippen molar-refractivity contribution in [3.63, 3.8) is 0 Å². The molecule has 0 saturated carbocycles. The number of nitrogens with zero attached hydrogens (tertiary/aromatic N) is 2. The number of nitrogens with one attached hydrogen (secondary N) is 1. The van der Waals surface area contributed by atoms with Gasteiger partial charge in [-0.2, -0.15) is 5.10 Å². The number of hydrogen-bond donors (Lipinski definition) is 1. The van der Waals surface area contributed by atoms with Crippen molar-refractivity contribution in [2.24, 2.45) is 7.05 Å². The van der Waals surface area contributed by atoms with Crippen LogP contribution in [0.25, 0.3) is 0 Å².